The third-order valence-corrected chi connectivity index (χ3v) is 7.43. The number of carboxylic acid groups (broad SMARTS) is 1. The van der Waals surface area contributed by atoms with Gasteiger partial charge in [0.25, 0.3) is 0 Å². The fraction of sp³-hybridized carbons (Fsp3) is 0.733. The zero-order chi connectivity index (χ0) is 17.7. The van der Waals surface area contributed by atoms with Crippen molar-refractivity contribution in [2.75, 3.05) is 5.88 Å². The van der Waals surface area contributed by atoms with E-state index in [1.165, 1.54) is 16.7 Å². The summed E-state index contributed by atoms with van der Waals surface area (Å²) in [4.78, 5) is 26.2. The minimum atomic E-state index is -1.39. The second kappa shape index (κ2) is 6.09. The van der Waals surface area contributed by atoms with Gasteiger partial charge < -0.3 is 9.53 Å². The van der Waals surface area contributed by atoms with Gasteiger partial charge in [-0.1, -0.05) is 20.8 Å². The number of nitrogens with zero attached hydrogens (tertiary/aromatic N) is 1. The van der Waals surface area contributed by atoms with E-state index in [0.717, 1.165) is 0 Å². The van der Waals surface area contributed by atoms with Crippen molar-refractivity contribution in [2.45, 2.75) is 51.8 Å². The fourth-order valence-electron chi connectivity index (χ4n) is 3.19. The number of thioether (sulfide) groups is 1. The number of alkyl halides is 1. The highest BCUT2D eigenvalue weighted by atomic mass is 35.5. The largest absolute Gasteiger partial charge is 0.477 e. The highest BCUT2D eigenvalue weighted by Crippen LogP contribution is 2.56. The number of β-lactam (4-membered cyclic amide) rings is 1. The van der Waals surface area contributed by atoms with Gasteiger partial charge in [0.1, 0.15) is 11.1 Å². The van der Waals surface area contributed by atoms with Gasteiger partial charge in [0.05, 0.1) is 17.4 Å². The molecule has 1 saturated heterocycles. The lowest BCUT2D eigenvalue weighted by atomic mass is 9.66. The Bertz CT molecular complexity index is 574. The summed E-state index contributed by atoms with van der Waals surface area (Å²) in [5.41, 5.74) is -0.844. The number of aliphatic carboxylic acids is 1. The molecule has 23 heavy (non-hydrogen) atoms. The van der Waals surface area contributed by atoms with Crippen molar-refractivity contribution in [3.05, 3.63) is 10.6 Å². The predicted molar refractivity (Wildman–Crippen MR) is 94.9 cm³/mol. The van der Waals surface area contributed by atoms with Crippen molar-refractivity contribution in [2.24, 2.45) is 11.3 Å². The topological polar surface area (TPSA) is 66.8 Å². The minimum Gasteiger partial charge on any atom is -0.477 e. The van der Waals surface area contributed by atoms with Crippen LogP contribution in [0.5, 0.6) is 0 Å². The third-order valence-electron chi connectivity index (χ3n) is 4.70. The van der Waals surface area contributed by atoms with E-state index < -0.39 is 20.6 Å². The zero-order valence-corrected chi connectivity index (χ0v) is 17.1. The van der Waals surface area contributed by atoms with Crippen molar-refractivity contribution in [3.8, 4) is 0 Å². The molecule has 0 radical (unpaired) electrons. The molecule has 130 valence electrons. The predicted octanol–water partition coefficient (Wildman–Crippen LogP) is 2.86. The first-order valence-corrected chi connectivity index (χ1v) is 11.8. The standard InChI is InChI=1S/C15H24ClNO4SSi/c1-14(2,3)15(4,21-23(5)6)9-11(18)17-10(13(19)20)8(7-16)22-12(9)17/h9,12,23H,7H2,1-6H3,(H,19,20)/t9-,12+,15?/m0/s1. The van der Waals surface area contributed by atoms with Crippen LogP contribution in [0.3, 0.4) is 0 Å². The molecule has 8 heteroatoms. The highest BCUT2D eigenvalue weighted by Gasteiger charge is 2.65. The van der Waals surface area contributed by atoms with E-state index in [0.29, 0.717) is 4.91 Å². The van der Waals surface area contributed by atoms with Crippen LogP contribution in [-0.2, 0) is 14.0 Å². The van der Waals surface area contributed by atoms with Crippen LogP contribution in [0.1, 0.15) is 27.7 Å². The molecule has 3 atom stereocenters. The molecule has 1 unspecified atom stereocenters. The first-order chi connectivity index (χ1) is 10.5. The number of hydrogen-bond acceptors (Lipinski definition) is 4. The molecule has 2 aliphatic rings. The molecule has 1 amide bonds. The quantitative estimate of drug-likeness (QED) is 0.453. The summed E-state index contributed by atoms with van der Waals surface area (Å²) in [6, 6.07) is 0. The van der Waals surface area contributed by atoms with E-state index in [4.69, 9.17) is 16.0 Å². The molecule has 0 aromatic heterocycles. The summed E-state index contributed by atoms with van der Waals surface area (Å²) >= 11 is 7.27. The maximum atomic E-state index is 12.8. The van der Waals surface area contributed by atoms with Gasteiger partial charge in [-0.2, -0.15) is 0 Å². The Morgan fingerprint density at radius 1 is 1.39 bits per heavy atom. The summed E-state index contributed by atoms with van der Waals surface area (Å²) in [7, 11) is -1.39. The molecule has 2 heterocycles. The summed E-state index contributed by atoms with van der Waals surface area (Å²) < 4.78 is 6.33. The van der Waals surface area contributed by atoms with Crippen molar-refractivity contribution >= 4 is 44.3 Å². The Hall–Kier alpha value is -0.503. The summed E-state index contributed by atoms with van der Waals surface area (Å²) in [6.07, 6.45) is 0. The van der Waals surface area contributed by atoms with Crippen molar-refractivity contribution < 1.29 is 19.1 Å². The molecular weight excluding hydrogens is 354 g/mol. The second-order valence-corrected chi connectivity index (χ2v) is 11.2. The molecular formula is C15H24ClNO4SSi. The average molecular weight is 378 g/mol. The van der Waals surface area contributed by atoms with Crippen LogP contribution in [0.4, 0.5) is 0 Å². The first-order valence-electron chi connectivity index (χ1n) is 7.65. The second-order valence-electron chi connectivity index (χ2n) is 7.43. The maximum absolute atomic E-state index is 12.8. The van der Waals surface area contributed by atoms with E-state index in [9.17, 15) is 14.7 Å². The lowest BCUT2D eigenvalue weighted by Gasteiger charge is -2.56. The Labute approximate surface area is 148 Å². The third kappa shape index (κ3) is 2.86. The number of amides is 1. The van der Waals surface area contributed by atoms with Gasteiger partial charge in [-0.05, 0) is 25.4 Å². The molecule has 0 aliphatic carbocycles. The molecule has 2 aliphatic heterocycles. The Balaban J connectivity index is 2.38. The Morgan fingerprint density at radius 3 is 2.35 bits per heavy atom. The van der Waals surface area contributed by atoms with Crippen LogP contribution in [0.25, 0.3) is 0 Å². The molecule has 1 N–H and O–H groups in total. The number of carbonyl (C=O) groups is 2. The number of carbonyl (C=O) groups excluding carboxylic acids is 1. The van der Waals surface area contributed by atoms with Gasteiger partial charge in [0.15, 0.2) is 9.04 Å². The van der Waals surface area contributed by atoms with Crippen molar-refractivity contribution in [1.29, 1.82) is 0 Å². The van der Waals surface area contributed by atoms with Crippen LogP contribution in [-0.4, -0.2) is 47.8 Å². The minimum absolute atomic E-state index is 0.0364. The summed E-state index contributed by atoms with van der Waals surface area (Å²) in [5.74, 6) is -1.53. The number of allylic oxidation sites excluding steroid dienone is 1. The molecule has 0 spiro atoms. The molecule has 5 nitrogen and oxygen atoms in total. The van der Waals surface area contributed by atoms with Crippen LogP contribution in [0.2, 0.25) is 13.1 Å². The number of carboxylic acids is 1. The first kappa shape index (κ1) is 18.8. The highest BCUT2D eigenvalue weighted by molar-refractivity contribution is 8.04. The normalized spacial score (nSPS) is 27.1. The molecule has 0 aromatic rings. The number of fused-ring (bicyclic) bond motifs is 1. The summed E-state index contributed by atoms with van der Waals surface area (Å²) in [5, 5.41) is 9.16. The van der Waals surface area contributed by atoms with Crippen molar-refractivity contribution in [3.63, 3.8) is 0 Å². The van der Waals surface area contributed by atoms with E-state index in [2.05, 4.69) is 33.9 Å². The monoisotopic (exact) mass is 377 g/mol. The summed E-state index contributed by atoms with van der Waals surface area (Å²) in [6.45, 7) is 12.3. The molecule has 2 rings (SSSR count). The molecule has 0 aromatic carbocycles. The van der Waals surface area contributed by atoms with Gasteiger partial charge in [0.2, 0.25) is 5.91 Å². The smallest absolute Gasteiger partial charge is 0.353 e. The number of hydrogen-bond donors (Lipinski definition) is 1. The van der Waals surface area contributed by atoms with Crippen LogP contribution in [0.15, 0.2) is 10.6 Å². The number of halogens is 1. The number of rotatable bonds is 5. The van der Waals surface area contributed by atoms with E-state index in [1.54, 1.807) is 0 Å². The van der Waals surface area contributed by atoms with Crippen molar-refractivity contribution in [1.82, 2.24) is 4.90 Å². The van der Waals surface area contributed by atoms with E-state index >= 15 is 0 Å². The van der Waals surface area contributed by atoms with Gasteiger partial charge in [-0.15, -0.1) is 23.4 Å². The lowest BCUT2D eigenvalue weighted by Crippen LogP contribution is -2.69. The maximum Gasteiger partial charge on any atom is 0.353 e. The van der Waals surface area contributed by atoms with E-state index in [1.807, 2.05) is 6.92 Å². The van der Waals surface area contributed by atoms with Crippen LogP contribution < -0.4 is 0 Å². The fourth-order valence-corrected chi connectivity index (χ4v) is 6.46. The van der Waals surface area contributed by atoms with Crippen LogP contribution in [0, 0.1) is 11.3 Å². The molecule has 0 saturated carbocycles. The van der Waals surface area contributed by atoms with Gasteiger partial charge in [-0.3, -0.25) is 9.69 Å². The molecule has 0 bridgehead atoms. The van der Waals surface area contributed by atoms with Gasteiger partial charge in [0, 0.05) is 4.91 Å². The average Bonchev–Trinajstić information content (AvgIpc) is 2.70. The molecule has 1 fully saturated rings. The lowest BCUT2D eigenvalue weighted by molar-refractivity contribution is -0.173. The SMILES string of the molecule is C[SiH](C)OC(C)([C@H]1C(=O)N2C(C(=O)O)=C(CCl)S[C@H]12)C(C)(C)C. The Morgan fingerprint density at radius 2 is 1.96 bits per heavy atom. The van der Waals surface area contributed by atoms with Crippen LogP contribution >= 0.6 is 23.4 Å². The van der Waals surface area contributed by atoms with Gasteiger partial charge >= 0.3 is 5.97 Å². The zero-order valence-electron chi connectivity index (χ0n) is 14.3. The van der Waals surface area contributed by atoms with Gasteiger partial charge in [-0.25, -0.2) is 4.79 Å². The van der Waals surface area contributed by atoms with E-state index in [-0.39, 0.29) is 34.2 Å². The Kier molecular flexibility index (Phi) is 4.99.